The molecule has 1 aliphatic rings. The number of aliphatic hydroxyl groups excluding tert-OH is 2. The molecule has 0 saturated heterocycles. The third-order valence-electron chi connectivity index (χ3n) is 5.41. The Morgan fingerprint density at radius 1 is 1.36 bits per heavy atom. The molecule has 0 heterocycles. The lowest BCUT2D eigenvalue weighted by atomic mass is 9.80. The van der Waals surface area contributed by atoms with Crippen molar-refractivity contribution in [2.45, 2.75) is 57.8 Å². The third-order valence-corrected chi connectivity index (χ3v) is 9.92. The first-order valence-electron chi connectivity index (χ1n) is 9.04. The lowest BCUT2D eigenvalue weighted by Crippen LogP contribution is -2.40. The van der Waals surface area contributed by atoms with Gasteiger partial charge in [0, 0.05) is 5.92 Å². The molecule has 0 fully saturated rings. The van der Waals surface area contributed by atoms with Crippen molar-refractivity contribution in [3.05, 3.63) is 36.0 Å². The molecule has 2 N–H and O–H groups in total. The van der Waals surface area contributed by atoms with E-state index in [9.17, 15) is 15.0 Å². The normalized spacial score (nSPS) is 19.6. The summed E-state index contributed by atoms with van der Waals surface area (Å²) in [4.78, 5) is 11.5. The zero-order valence-corrected chi connectivity index (χ0v) is 17.2. The Kier molecular flexibility index (Phi) is 8.48. The molecule has 0 aromatic heterocycles. The van der Waals surface area contributed by atoms with E-state index in [1.807, 2.05) is 12.2 Å². The Hall–Kier alpha value is -1.01. The predicted molar refractivity (Wildman–Crippen MR) is 105 cm³/mol. The van der Waals surface area contributed by atoms with Crippen LogP contribution in [0, 0.1) is 11.8 Å². The first kappa shape index (κ1) is 22.0. The summed E-state index contributed by atoms with van der Waals surface area (Å²) in [7, 11) is -1.83. The molecule has 3 atom stereocenters. The van der Waals surface area contributed by atoms with Gasteiger partial charge in [-0.2, -0.15) is 0 Å². The minimum atomic E-state index is -1.83. The molecule has 0 aliphatic heterocycles. The van der Waals surface area contributed by atoms with Gasteiger partial charge in [-0.05, 0) is 31.0 Å². The van der Waals surface area contributed by atoms with Gasteiger partial charge in [-0.25, -0.2) is 0 Å². The van der Waals surface area contributed by atoms with Crippen LogP contribution >= 0.6 is 0 Å². The highest BCUT2D eigenvalue weighted by molar-refractivity contribution is 6.74. The van der Waals surface area contributed by atoms with Gasteiger partial charge in [-0.1, -0.05) is 56.7 Å². The van der Waals surface area contributed by atoms with Gasteiger partial charge in [0.25, 0.3) is 0 Å². The first-order valence-corrected chi connectivity index (χ1v) is 12.0. The first-order chi connectivity index (χ1) is 11.6. The molecule has 142 valence electrons. The van der Waals surface area contributed by atoms with E-state index >= 15 is 0 Å². The van der Waals surface area contributed by atoms with Gasteiger partial charge in [-0.3, -0.25) is 0 Å². The van der Waals surface area contributed by atoms with Crippen LogP contribution in [0.1, 0.15) is 33.6 Å². The van der Waals surface area contributed by atoms with Gasteiger partial charge in [0.2, 0.25) is 0 Å². The molecule has 0 spiro atoms. The average molecular weight is 367 g/mol. The highest BCUT2D eigenvalue weighted by Crippen LogP contribution is 2.36. The van der Waals surface area contributed by atoms with Crippen molar-refractivity contribution in [3.63, 3.8) is 0 Å². The number of carbonyl (C=O) groups is 1. The van der Waals surface area contributed by atoms with Gasteiger partial charge in [0.15, 0.2) is 8.32 Å². The summed E-state index contributed by atoms with van der Waals surface area (Å²) in [6.45, 7) is 11.2. The topological polar surface area (TPSA) is 66.8 Å². The summed E-state index contributed by atoms with van der Waals surface area (Å²) >= 11 is 0. The molecule has 3 unspecified atom stereocenters. The van der Waals surface area contributed by atoms with E-state index in [2.05, 4.69) is 39.9 Å². The average Bonchev–Trinajstić information content (AvgIpc) is 2.56. The van der Waals surface area contributed by atoms with E-state index in [-0.39, 0.29) is 17.6 Å². The van der Waals surface area contributed by atoms with Crippen LogP contribution in [0.3, 0.4) is 0 Å². The summed E-state index contributed by atoms with van der Waals surface area (Å²) < 4.78 is 6.04. The molecule has 5 heteroatoms. The summed E-state index contributed by atoms with van der Waals surface area (Å²) in [5.74, 6) is -0.990. The lowest BCUT2D eigenvalue weighted by Gasteiger charge is -2.35. The molecule has 0 bridgehead atoms. The molecule has 0 saturated carbocycles. The van der Waals surface area contributed by atoms with Gasteiger partial charge < -0.3 is 19.4 Å². The van der Waals surface area contributed by atoms with Crippen molar-refractivity contribution >= 4 is 14.6 Å². The summed E-state index contributed by atoms with van der Waals surface area (Å²) in [5, 5.41) is 20.3. The molecular formula is C20H34O4Si. The van der Waals surface area contributed by atoms with Crippen molar-refractivity contribution in [3.8, 4) is 0 Å². The standard InChI is InChI=1S/C20H34O4Si/c1-20(2,3)25(4,5)24-13-9-12-19(23)18(15-22)17(14-21)16-10-7-6-8-11-16/h6-7,9-10,12,15,17-19,21,23H,8,11,13-14H2,1-5H3/b12-9-. The molecule has 25 heavy (non-hydrogen) atoms. The summed E-state index contributed by atoms with van der Waals surface area (Å²) in [5.41, 5.74) is 1.02. The number of aliphatic hydroxyl groups is 2. The summed E-state index contributed by atoms with van der Waals surface area (Å²) in [6, 6.07) is 0. The largest absolute Gasteiger partial charge is 0.413 e. The van der Waals surface area contributed by atoms with E-state index in [0.717, 1.165) is 24.7 Å². The third kappa shape index (κ3) is 6.33. The molecular weight excluding hydrogens is 332 g/mol. The van der Waals surface area contributed by atoms with Crippen molar-refractivity contribution in [1.29, 1.82) is 0 Å². The van der Waals surface area contributed by atoms with Gasteiger partial charge in [-0.15, -0.1) is 0 Å². The maximum absolute atomic E-state index is 11.5. The van der Waals surface area contributed by atoms with E-state index in [1.54, 1.807) is 12.2 Å². The number of aldehydes is 1. The molecule has 4 nitrogen and oxygen atoms in total. The van der Waals surface area contributed by atoms with E-state index in [1.165, 1.54) is 0 Å². The van der Waals surface area contributed by atoms with Crippen LogP contribution in [0.15, 0.2) is 36.0 Å². The van der Waals surface area contributed by atoms with Crippen molar-refractivity contribution in [2.75, 3.05) is 13.2 Å². The highest BCUT2D eigenvalue weighted by atomic mass is 28.4. The Morgan fingerprint density at radius 2 is 2.04 bits per heavy atom. The molecule has 0 amide bonds. The smallest absolute Gasteiger partial charge is 0.192 e. The highest BCUT2D eigenvalue weighted by Gasteiger charge is 2.36. The van der Waals surface area contributed by atoms with Crippen LogP contribution in [0.25, 0.3) is 0 Å². The number of allylic oxidation sites excluding steroid dienone is 3. The Morgan fingerprint density at radius 3 is 2.52 bits per heavy atom. The molecule has 0 aromatic carbocycles. The number of carbonyl (C=O) groups excluding carboxylic acids is 1. The Balaban J connectivity index is 2.69. The van der Waals surface area contributed by atoms with E-state index in [4.69, 9.17) is 4.43 Å². The van der Waals surface area contributed by atoms with Crippen LogP contribution in [0.5, 0.6) is 0 Å². The fourth-order valence-electron chi connectivity index (χ4n) is 2.63. The second-order valence-corrected chi connectivity index (χ2v) is 13.0. The van der Waals surface area contributed by atoms with Crippen LogP contribution < -0.4 is 0 Å². The van der Waals surface area contributed by atoms with Gasteiger partial charge in [0.05, 0.1) is 25.2 Å². The predicted octanol–water partition coefficient (Wildman–Crippen LogP) is 3.63. The maximum atomic E-state index is 11.5. The quantitative estimate of drug-likeness (QED) is 0.371. The van der Waals surface area contributed by atoms with Gasteiger partial charge in [0.1, 0.15) is 6.29 Å². The fourth-order valence-corrected chi connectivity index (χ4v) is 3.57. The molecule has 0 aromatic rings. The number of hydrogen-bond acceptors (Lipinski definition) is 4. The van der Waals surface area contributed by atoms with Crippen LogP contribution in [0.4, 0.5) is 0 Å². The fraction of sp³-hybridized carbons (Fsp3) is 0.650. The maximum Gasteiger partial charge on any atom is 0.192 e. The second kappa shape index (κ2) is 9.62. The zero-order chi connectivity index (χ0) is 19.1. The Labute approximate surface area is 153 Å². The van der Waals surface area contributed by atoms with Crippen molar-refractivity contribution in [1.82, 2.24) is 0 Å². The van der Waals surface area contributed by atoms with Gasteiger partial charge >= 0.3 is 0 Å². The molecule has 1 rings (SSSR count). The summed E-state index contributed by atoms with van der Waals surface area (Å²) in [6.07, 6.45) is 10.9. The molecule has 0 radical (unpaired) electrons. The SMILES string of the molecule is CC(C)(C)[Si](C)(C)OC/C=C\C(O)C(C=O)C(CO)C1=CC=CCC1. The van der Waals surface area contributed by atoms with Crippen LogP contribution in [-0.2, 0) is 9.22 Å². The molecule has 1 aliphatic carbocycles. The minimum Gasteiger partial charge on any atom is -0.413 e. The second-order valence-electron chi connectivity index (χ2n) is 8.20. The minimum absolute atomic E-state index is 0.133. The van der Waals surface area contributed by atoms with Crippen LogP contribution in [0.2, 0.25) is 18.1 Å². The van der Waals surface area contributed by atoms with E-state index in [0.29, 0.717) is 6.61 Å². The zero-order valence-electron chi connectivity index (χ0n) is 16.2. The van der Waals surface area contributed by atoms with Crippen LogP contribution in [-0.4, -0.2) is 44.1 Å². The number of rotatable bonds is 9. The monoisotopic (exact) mass is 366 g/mol. The number of hydrogen-bond donors (Lipinski definition) is 2. The van der Waals surface area contributed by atoms with Crippen molar-refractivity contribution in [2.24, 2.45) is 11.8 Å². The van der Waals surface area contributed by atoms with E-state index < -0.39 is 20.3 Å². The lowest BCUT2D eigenvalue weighted by molar-refractivity contribution is -0.115. The Bertz CT molecular complexity index is 514. The van der Waals surface area contributed by atoms with Crippen molar-refractivity contribution < 1.29 is 19.4 Å².